The van der Waals surface area contributed by atoms with Gasteiger partial charge in [0.1, 0.15) is 0 Å². The van der Waals surface area contributed by atoms with Gasteiger partial charge >= 0.3 is 0 Å². The van der Waals surface area contributed by atoms with Crippen molar-refractivity contribution in [3.05, 3.63) is 30.4 Å². The number of pyridine rings is 1. The number of nitrogens with zero attached hydrogens (tertiary/aromatic N) is 4. The van der Waals surface area contributed by atoms with Crippen LogP contribution in [-0.4, -0.2) is 39.1 Å². The first-order valence-electron chi connectivity index (χ1n) is 6.83. The summed E-state index contributed by atoms with van der Waals surface area (Å²) in [7, 11) is 0. The van der Waals surface area contributed by atoms with Gasteiger partial charge in [0.05, 0.1) is 5.56 Å². The smallest absolute Gasteiger partial charge is 0.249 e. The first-order chi connectivity index (χ1) is 9.83. The molecule has 3 heterocycles. The average Bonchev–Trinajstić information content (AvgIpc) is 3.17. The highest BCUT2D eigenvalue weighted by atomic mass is 16.4. The van der Waals surface area contributed by atoms with Crippen molar-refractivity contribution in [2.75, 3.05) is 13.1 Å². The third-order valence-corrected chi connectivity index (χ3v) is 3.39. The SMILES string of the molecule is O=C(CCc1nnc(-c2cccnc2)o1)N1CCCC1. The van der Waals surface area contributed by atoms with Gasteiger partial charge < -0.3 is 9.32 Å². The van der Waals surface area contributed by atoms with Crippen LogP contribution in [0, 0.1) is 0 Å². The van der Waals surface area contributed by atoms with Gasteiger partial charge in [-0.15, -0.1) is 10.2 Å². The Hall–Kier alpha value is -2.24. The van der Waals surface area contributed by atoms with Crippen LogP contribution in [0.4, 0.5) is 0 Å². The second kappa shape index (κ2) is 5.81. The van der Waals surface area contributed by atoms with Crippen molar-refractivity contribution in [3.63, 3.8) is 0 Å². The Morgan fingerprint density at radius 3 is 2.90 bits per heavy atom. The number of aryl methyl sites for hydroxylation is 1. The van der Waals surface area contributed by atoms with Crippen LogP contribution >= 0.6 is 0 Å². The molecule has 0 unspecified atom stereocenters. The zero-order valence-corrected chi connectivity index (χ0v) is 11.2. The van der Waals surface area contributed by atoms with E-state index in [-0.39, 0.29) is 5.91 Å². The lowest BCUT2D eigenvalue weighted by atomic mass is 10.3. The lowest BCUT2D eigenvalue weighted by Gasteiger charge is -2.13. The van der Waals surface area contributed by atoms with Gasteiger partial charge in [-0.3, -0.25) is 9.78 Å². The molecular formula is C14H16N4O2. The van der Waals surface area contributed by atoms with E-state index < -0.39 is 0 Å². The molecular weight excluding hydrogens is 256 g/mol. The number of amides is 1. The standard InChI is InChI=1S/C14H16N4O2/c19-13(18-8-1-2-9-18)6-5-12-16-17-14(20-12)11-4-3-7-15-10-11/h3-4,7,10H,1-2,5-6,8-9H2. The minimum Gasteiger partial charge on any atom is -0.421 e. The third-order valence-electron chi connectivity index (χ3n) is 3.39. The van der Waals surface area contributed by atoms with Crippen LogP contribution in [0.1, 0.15) is 25.2 Å². The summed E-state index contributed by atoms with van der Waals surface area (Å²) in [5, 5.41) is 7.96. The summed E-state index contributed by atoms with van der Waals surface area (Å²) in [6, 6.07) is 3.68. The molecule has 0 aromatic carbocycles. The van der Waals surface area contributed by atoms with E-state index in [1.54, 1.807) is 12.4 Å². The molecule has 0 bridgehead atoms. The summed E-state index contributed by atoms with van der Waals surface area (Å²) in [4.78, 5) is 17.8. The summed E-state index contributed by atoms with van der Waals surface area (Å²) >= 11 is 0. The molecule has 3 rings (SSSR count). The summed E-state index contributed by atoms with van der Waals surface area (Å²) in [6.45, 7) is 1.76. The van der Waals surface area contributed by atoms with Gasteiger partial charge in [-0.2, -0.15) is 0 Å². The van der Waals surface area contributed by atoms with Gasteiger partial charge in [-0.1, -0.05) is 0 Å². The van der Waals surface area contributed by atoms with Gasteiger partial charge in [0.15, 0.2) is 0 Å². The number of likely N-dealkylation sites (tertiary alicyclic amines) is 1. The second-order valence-electron chi connectivity index (χ2n) is 4.83. The Balaban J connectivity index is 1.59. The average molecular weight is 272 g/mol. The quantitative estimate of drug-likeness (QED) is 0.846. The highest BCUT2D eigenvalue weighted by Crippen LogP contribution is 2.17. The second-order valence-corrected chi connectivity index (χ2v) is 4.83. The monoisotopic (exact) mass is 272 g/mol. The van der Waals surface area contributed by atoms with Crippen LogP contribution in [0.15, 0.2) is 28.9 Å². The number of carbonyl (C=O) groups excluding carboxylic acids is 1. The number of hydrogen-bond acceptors (Lipinski definition) is 5. The van der Waals surface area contributed by atoms with E-state index in [0.717, 1.165) is 31.5 Å². The highest BCUT2D eigenvalue weighted by molar-refractivity contribution is 5.76. The summed E-state index contributed by atoms with van der Waals surface area (Å²) < 4.78 is 5.55. The van der Waals surface area contributed by atoms with Crippen LogP contribution in [0.3, 0.4) is 0 Å². The van der Waals surface area contributed by atoms with Crippen molar-refractivity contribution in [2.24, 2.45) is 0 Å². The molecule has 0 N–H and O–H groups in total. The molecule has 2 aromatic rings. The molecule has 1 aliphatic rings. The normalized spacial score (nSPS) is 14.7. The maximum atomic E-state index is 11.9. The molecule has 104 valence electrons. The Morgan fingerprint density at radius 1 is 1.30 bits per heavy atom. The van der Waals surface area contributed by atoms with E-state index in [2.05, 4.69) is 15.2 Å². The predicted octanol–water partition coefficient (Wildman–Crippen LogP) is 1.69. The van der Waals surface area contributed by atoms with E-state index in [4.69, 9.17) is 4.42 Å². The zero-order chi connectivity index (χ0) is 13.8. The molecule has 1 saturated heterocycles. The van der Waals surface area contributed by atoms with E-state index in [0.29, 0.717) is 24.6 Å². The molecule has 0 spiro atoms. The largest absolute Gasteiger partial charge is 0.421 e. The van der Waals surface area contributed by atoms with E-state index >= 15 is 0 Å². The van der Waals surface area contributed by atoms with Crippen molar-refractivity contribution in [1.29, 1.82) is 0 Å². The molecule has 6 heteroatoms. The molecule has 2 aromatic heterocycles. The molecule has 20 heavy (non-hydrogen) atoms. The van der Waals surface area contributed by atoms with E-state index in [9.17, 15) is 4.79 Å². The zero-order valence-electron chi connectivity index (χ0n) is 11.2. The third kappa shape index (κ3) is 2.84. The number of hydrogen-bond donors (Lipinski definition) is 0. The fourth-order valence-corrected chi connectivity index (χ4v) is 2.30. The van der Waals surface area contributed by atoms with Crippen molar-refractivity contribution < 1.29 is 9.21 Å². The minimum atomic E-state index is 0.170. The number of aromatic nitrogens is 3. The molecule has 0 aliphatic carbocycles. The fraction of sp³-hybridized carbons (Fsp3) is 0.429. The fourth-order valence-electron chi connectivity index (χ4n) is 2.30. The molecule has 0 atom stereocenters. The number of carbonyl (C=O) groups is 1. The summed E-state index contributed by atoms with van der Waals surface area (Å²) in [5.74, 6) is 1.11. The van der Waals surface area contributed by atoms with Crippen molar-refractivity contribution >= 4 is 5.91 Å². The van der Waals surface area contributed by atoms with E-state index in [1.807, 2.05) is 17.0 Å². The van der Waals surface area contributed by atoms with Gasteiger partial charge in [0, 0.05) is 38.3 Å². The molecule has 1 aliphatic heterocycles. The lowest BCUT2D eigenvalue weighted by molar-refractivity contribution is -0.130. The van der Waals surface area contributed by atoms with Crippen LogP contribution in [0.2, 0.25) is 0 Å². The van der Waals surface area contributed by atoms with Gasteiger partial charge in [0.25, 0.3) is 0 Å². The number of rotatable bonds is 4. The van der Waals surface area contributed by atoms with Crippen LogP contribution in [-0.2, 0) is 11.2 Å². The molecule has 1 fully saturated rings. The maximum Gasteiger partial charge on any atom is 0.249 e. The first kappa shape index (κ1) is 12.8. The predicted molar refractivity (Wildman–Crippen MR) is 71.7 cm³/mol. The minimum absolute atomic E-state index is 0.170. The van der Waals surface area contributed by atoms with Crippen LogP contribution < -0.4 is 0 Å². The van der Waals surface area contributed by atoms with Gasteiger partial charge in [0.2, 0.25) is 17.7 Å². The topological polar surface area (TPSA) is 72.1 Å². The highest BCUT2D eigenvalue weighted by Gasteiger charge is 2.18. The molecule has 1 amide bonds. The van der Waals surface area contributed by atoms with Crippen molar-refractivity contribution in [2.45, 2.75) is 25.7 Å². The first-order valence-corrected chi connectivity index (χ1v) is 6.83. The Kier molecular flexibility index (Phi) is 3.71. The molecule has 6 nitrogen and oxygen atoms in total. The van der Waals surface area contributed by atoms with E-state index in [1.165, 1.54) is 0 Å². The maximum absolute atomic E-state index is 11.9. The Bertz CT molecular complexity index is 576. The summed E-state index contributed by atoms with van der Waals surface area (Å²) in [5.41, 5.74) is 0.789. The van der Waals surface area contributed by atoms with Gasteiger partial charge in [-0.05, 0) is 25.0 Å². The molecule has 0 saturated carbocycles. The lowest BCUT2D eigenvalue weighted by Crippen LogP contribution is -2.27. The van der Waals surface area contributed by atoms with Gasteiger partial charge in [-0.25, -0.2) is 0 Å². The van der Waals surface area contributed by atoms with Crippen molar-refractivity contribution in [1.82, 2.24) is 20.1 Å². The summed E-state index contributed by atoms with van der Waals surface area (Å²) in [6.07, 6.45) is 6.49. The van der Waals surface area contributed by atoms with Crippen LogP contribution in [0.25, 0.3) is 11.5 Å². The van der Waals surface area contributed by atoms with Crippen LogP contribution in [0.5, 0.6) is 0 Å². The Morgan fingerprint density at radius 2 is 2.15 bits per heavy atom. The Labute approximate surface area is 116 Å². The molecule has 0 radical (unpaired) electrons. The van der Waals surface area contributed by atoms with Crippen molar-refractivity contribution in [3.8, 4) is 11.5 Å².